The fourth-order valence-electron chi connectivity index (χ4n) is 2.13. The van der Waals surface area contributed by atoms with E-state index in [4.69, 9.17) is 16.9 Å². The Kier molecular flexibility index (Phi) is 6.84. The Balaban J connectivity index is 2.80. The van der Waals surface area contributed by atoms with E-state index in [0.29, 0.717) is 12.6 Å². The first kappa shape index (κ1) is 16.8. The van der Waals surface area contributed by atoms with Crippen LogP contribution in [0.4, 0.5) is 5.69 Å². The topological polar surface area (TPSA) is 39.1 Å². The number of hydrogen-bond donors (Lipinski definition) is 1. The molecule has 4 heteroatoms. The maximum absolute atomic E-state index is 8.88. The molecule has 0 heterocycles. The van der Waals surface area contributed by atoms with Crippen LogP contribution < -0.4 is 10.2 Å². The smallest absolute Gasteiger partial charge is 0.0671 e. The van der Waals surface area contributed by atoms with Crippen LogP contribution in [-0.4, -0.2) is 20.1 Å². The van der Waals surface area contributed by atoms with Crippen molar-refractivity contribution in [3.8, 4) is 6.07 Å². The fraction of sp³-hybridized carbons (Fsp3) is 0.562. The first-order valence-electron chi connectivity index (χ1n) is 7.13. The Morgan fingerprint density at radius 2 is 2.10 bits per heavy atom. The molecule has 1 aromatic rings. The van der Waals surface area contributed by atoms with Gasteiger partial charge in [0.05, 0.1) is 22.7 Å². The molecule has 0 aromatic heterocycles. The Hall–Kier alpha value is -1.24. The number of anilines is 1. The minimum atomic E-state index is -0.0131. The summed E-state index contributed by atoms with van der Waals surface area (Å²) in [7, 11) is 1.97. The summed E-state index contributed by atoms with van der Waals surface area (Å²) in [6.45, 7) is 7.89. The van der Waals surface area contributed by atoms with Gasteiger partial charge in [-0.3, -0.25) is 0 Å². The molecule has 3 nitrogen and oxygen atoms in total. The fourth-order valence-corrected chi connectivity index (χ4v) is 2.46. The molecule has 2 atom stereocenters. The summed E-state index contributed by atoms with van der Waals surface area (Å²) in [5, 5.41) is 13.1. The molecule has 1 rings (SSSR count). The summed E-state index contributed by atoms with van der Waals surface area (Å²) in [4.78, 5) is 2.03. The van der Waals surface area contributed by atoms with Gasteiger partial charge in [-0.1, -0.05) is 24.6 Å². The van der Waals surface area contributed by atoms with E-state index in [1.165, 1.54) is 5.56 Å². The monoisotopic (exact) mass is 293 g/mol. The molecule has 0 aliphatic carbocycles. The van der Waals surface area contributed by atoms with E-state index in [2.05, 4.69) is 31.3 Å². The van der Waals surface area contributed by atoms with Crippen molar-refractivity contribution < 1.29 is 0 Å². The molecule has 0 aliphatic rings. The van der Waals surface area contributed by atoms with E-state index < -0.39 is 0 Å². The van der Waals surface area contributed by atoms with Crippen molar-refractivity contribution in [2.45, 2.75) is 33.2 Å². The van der Waals surface area contributed by atoms with Crippen LogP contribution >= 0.6 is 11.6 Å². The number of hydrogen-bond acceptors (Lipinski definition) is 3. The second kappa shape index (κ2) is 8.14. The summed E-state index contributed by atoms with van der Waals surface area (Å²) < 4.78 is 0. The second-order valence-corrected chi connectivity index (χ2v) is 5.70. The molecular formula is C16H24ClN3. The normalized spacial score (nSPS) is 13.6. The van der Waals surface area contributed by atoms with Gasteiger partial charge in [0, 0.05) is 19.6 Å². The average Bonchev–Trinajstić information content (AvgIpc) is 2.44. The van der Waals surface area contributed by atoms with Gasteiger partial charge in [-0.2, -0.15) is 5.26 Å². The number of halogens is 1. The van der Waals surface area contributed by atoms with E-state index in [-0.39, 0.29) is 5.92 Å². The molecule has 20 heavy (non-hydrogen) atoms. The third kappa shape index (κ3) is 4.70. The van der Waals surface area contributed by atoms with Crippen molar-refractivity contribution in [2.75, 3.05) is 25.0 Å². The van der Waals surface area contributed by atoms with Gasteiger partial charge in [0.25, 0.3) is 0 Å². The van der Waals surface area contributed by atoms with Crippen LogP contribution in [0.3, 0.4) is 0 Å². The molecule has 0 saturated carbocycles. The predicted molar refractivity (Wildman–Crippen MR) is 86.2 cm³/mol. The molecule has 110 valence electrons. The lowest BCUT2D eigenvalue weighted by Gasteiger charge is -2.23. The third-order valence-corrected chi connectivity index (χ3v) is 3.65. The van der Waals surface area contributed by atoms with Crippen molar-refractivity contribution in [1.29, 1.82) is 5.26 Å². The van der Waals surface area contributed by atoms with Gasteiger partial charge in [-0.25, -0.2) is 0 Å². The molecule has 0 bridgehead atoms. The van der Waals surface area contributed by atoms with E-state index in [9.17, 15) is 0 Å². The number of rotatable bonds is 7. The highest BCUT2D eigenvalue weighted by atomic mass is 35.5. The van der Waals surface area contributed by atoms with Crippen molar-refractivity contribution in [1.82, 2.24) is 5.32 Å². The molecule has 1 aromatic carbocycles. The summed E-state index contributed by atoms with van der Waals surface area (Å²) >= 11 is 6.38. The van der Waals surface area contributed by atoms with E-state index in [1.54, 1.807) is 0 Å². The molecule has 0 aliphatic heterocycles. The van der Waals surface area contributed by atoms with Gasteiger partial charge in [-0.05, 0) is 44.5 Å². The van der Waals surface area contributed by atoms with Gasteiger partial charge in [0.15, 0.2) is 0 Å². The van der Waals surface area contributed by atoms with Crippen LogP contribution in [0.1, 0.15) is 38.8 Å². The molecular weight excluding hydrogens is 270 g/mol. The van der Waals surface area contributed by atoms with E-state index in [0.717, 1.165) is 23.7 Å². The van der Waals surface area contributed by atoms with E-state index in [1.807, 2.05) is 31.0 Å². The molecule has 0 fully saturated rings. The maximum atomic E-state index is 8.88. The van der Waals surface area contributed by atoms with Gasteiger partial charge >= 0.3 is 0 Å². The zero-order valence-corrected chi connectivity index (χ0v) is 13.5. The molecule has 0 radical (unpaired) electrons. The first-order valence-corrected chi connectivity index (χ1v) is 7.51. The number of benzene rings is 1. The van der Waals surface area contributed by atoms with Gasteiger partial charge in [0.1, 0.15) is 0 Å². The molecule has 0 saturated heterocycles. The Labute approximate surface area is 127 Å². The standard InChI is InChI=1S/C16H24ClN3/c1-5-8-19-13(3)14-6-7-16(15(17)9-14)20(4)11-12(2)10-18/h6-7,9,12-13,19H,5,8,11H2,1-4H3. The quantitative estimate of drug-likeness (QED) is 0.826. The largest absolute Gasteiger partial charge is 0.372 e. The first-order chi connectivity index (χ1) is 9.49. The second-order valence-electron chi connectivity index (χ2n) is 5.30. The average molecular weight is 294 g/mol. The summed E-state index contributed by atoms with van der Waals surface area (Å²) in [6, 6.07) is 8.68. The van der Waals surface area contributed by atoms with Gasteiger partial charge in [-0.15, -0.1) is 0 Å². The lowest BCUT2D eigenvalue weighted by molar-refractivity contribution is 0.570. The molecule has 2 unspecified atom stereocenters. The summed E-state index contributed by atoms with van der Waals surface area (Å²) in [5.41, 5.74) is 2.16. The zero-order chi connectivity index (χ0) is 15.1. The lowest BCUT2D eigenvalue weighted by atomic mass is 10.1. The summed E-state index contributed by atoms with van der Waals surface area (Å²) in [6.07, 6.45) is 1.12. The van der Waals surface area contributed by atoms with Crippen molar-refractivity contribution >= 4 is 17.3 Å². The van der Waals surface area contributed by atoms with E-state index >= 15 is 0 Å². The maximum Gasteiger partial charge on any atom is 0.0671 e. The van der Waals surface area contributed by atoms with Crippen molar-refractivity contribution in [3.63, 3.8) is 0 Å². The third-order valence-electron chi connectivity index (χ3n) is 3.35. The van der Waals surface area contributed by atoms with Crippen LogP contribution in [0.25, 0.3) is 0 Å². The number of nitrogens with zero attached hydrogens (tertiary/aromatic N) is 2. The molecule has 1 N–H and O–H groups in total. The van der Waals surface area contributed by atoms with Crippen molar-refractivity contribution in [2.24, 2.45) is 5.92 Å². The molecule has 0 amide bonds. The predicted octanol–water partition coefficient (Wildman–Crippen LogP) is 4.00. The van der Waals surface area contributed by atoms with Crippen molar-refractivity contribution in [3.05, 3.63) is 28.8 Å². The van der Waals surface area contributed by atoms with Gasteiger partial charge < -0.3 is 10.2 Å². The summed E-state index contributed by atoms with van der Waals surface area (Å²) in [5.74, 6) is -0.0131. The minimum absolute atomic E-state index is 0.0131. The SMILES string of the molecule is CCCNC(C)c1ccc(N(C)CC(C)C#N)c(Cl)c1. The number of nitrogens with one attached hydrogen (secondary N) is 1. The highest BCUT2D eigenvalue weighted by Crippen LogP contribution is 2.28. The highest BCUT2D eigenvalue weighted by Gasteiger charge is 2.12. The molecule has 0 spiro atoms. The Bertz CT molecular complexity index is 467. The number of nitriles is 1. The Morgan fingerprint density at radius 3 is 2.65 bits per heavy atom. The van der Waals surface area contributed by atoms with Crippen LogP contribution in [0.2, 0.25) is 5.02 Å². The lowest BCUT2D eigenvalue weighted by Crippen LogP contribution is -2.24. The Morgan fingerprint density at radius 1 is 1.40 bits per heavy atom. The van der Waals surface area contributed by atoms with Crippen LogP contribution in [0.15, 0.2) is 18.2 Å². The minimum Gasteiger partial charge on any atom is -0.372 e. The van der Waals surface area contributed by atoms with Gasteiger partial charge in [0.2, 0.25) is 0 Å². The van der Waals surface area contributed by atoms with Crippen LogP contribution in [-0.2, 0) is 0 Å². The zero-order valence-electron chi connectivity index (χ0n) is 12.8. The van der Waals surface area contributed by atoms with Crippen LogP contribution in [0.5, 0.6) is 0 Å². The van der Waals surface area contributed by atoms with Crippen LogP contribution in [0, 0.1) is 17.2 Å². The highest BCUT2D eigenvalue weighted by molar-refractivity contribution is 6.33.